The molecular formula is C28H29FO8. The van der Waals surface area contributed by atoms with Gasteiger partial charge in [-0.1, -0.05) is 33.6 Å². The lowest BCUT2D eigenvalue weighted by Gasteiger charge is -2.19. The Hall–Kier alpha value is -4.24. The molecule has 0 fully saturated rings. The lowest BCUT2D eigenvalue weighted by atomic mass is 10.0. The predicted molar refractivity (Wildman–Crippen MR) is 135 cm³/mol. The Morgan fingerprint density at radius 3 is 1.95 bits per heavy atom. The molecule has 2 rings (SSSR count). The number of carbonyl (C=O) groups is 3. The van der Waals surface area contributed by atoms with E-state index < -0.39 is 35.9 Å². The van der Waals surface area contributed by atoms with E-state index in [0.29, 0.717) is 5.57 Å². The molecule has 37 heavy (non-hydrogen) atoms. The largest absolute Gasteiger partial charge is 0.461 e. The first-order chi connectivity index (χ1) is 17.2. The minimum atomic E-state index is -1.34. The summed E-state index contributed by atoms with van der Waals surface area (Å²) in [7, 11) is 0. The maximum atomic E-state index is 15.5. The molecule has 1 N–H and O–H groups in total. The summed E-state index contributed by atoms with van der Waals surface area (Å²) in [6, 6.07) is 6.09. The lowest BCUT2D eigenvalue weighted by Crippen LogP contribution is -2.17. The third kappa shape index (κ3) is 7.62. The van der Waals surface area contributed by atoms with Gasteiger partial charge in [0.25, 0.3) is 0 Å². The Balaban J connectivity index is 2.74. The topological polar surface area (TPSA) is 108 Å². The number of hydrogen-bond acceptors (Lipinski definition) is 8. The van der Waals surface area contributed by atoms with Crippen molar-refractivity contribution in [1.29, 1.82) is 0 Å². The monoisotopic (exact) mass is 512 g/mol. The Morgan fingerprint density at radius 1 is 0.838 bits per heavy atom. The van der Waals surface area contributed by atoms with Crippen molar-refractivity contribution in [2.24, 2.45) is 5.92 Å². The highest BCUT2D eigenvalue weighted by atomic mass is 19.1. The molecule has 0 radical (unpaired) electrons. The quantitative estimate of drug-likeness (QED) is 0.150. The van der Waals surface area contributed by atoms with E-state index in [0.717, 1.165) is 12.1 Å². The number of rotatable bonds is 10. The summed E-state index contributed by atoms with van der Waals surface area (Å²) in [5.74, 6) is -4.41. The second kappa shape index (κ2) is 12.1. The van der Waals surface area contributed by atoms with Gasteiger partial charge in [-0.05, 0) is 38.5 Å². The average Bonchev–Trinajstić information content (AvgIpc) is 2.79. The summed E-state index contributed by atoms with van der Waals surface area (Å²) in [6.45, 7) is 18.2. The minimum Gasteiger partial charge on any atom is -0.461 e. The molecule has 2 aromatic rings. The Kier molecular flexibility index (Phi) is 9.51. The smallest absolute Gasteiger partial charge is 0.338 e. The third-order valence-corrected chi connectivity index (χ3v) is 4.71. The molecule has 0 aromatic heterocycles. The number of carbonyl (C=O) groups excluding carboxylic acids is 3. The van der Waals surface area contributed by atoms with Crippen molar-refractivity contribution in [3.8, 4) is 34.1 Å². The molecule has 0 saturated heterocycles. The van der Waals surface area contributed by atoms with Crippen molar-refractivity contribution in [2.75, 3.05) is 0 Å². The van der Waals surface area contributed by atoms with Crippen LogP contribution in [-0.4, -0.2) is 29.3 Å². The molecule has 1 unspecified atom stereocenters. The SMILES string of the molecule is C=C(C)C(=O)Oc1cc(F)c(-c2ccc(OC(O)C(=C)C)cc2OC(=O)C(C)C)c(OC(=O)C(=C)C)c1. The fourth-order valence-electron chi connectivity index (χ4n) is 2.66. The highest BCUT2D eigenvalue weighted by molar-refractivity contribution is 5.92. The van der Waals surface area contributed by atoms with Crippen LogP contribution in [0.15, 0.2) is 66.8 Å². The fourth-order valence-corrected chi connectivity index (χ4v) is 2.66. The van der Waals surface area contributed by atoms with Crippen molar-refractivity contribution < 1.29 is 42.8 Å². The zero-order valence-corrected chi connectivity index (χ0v) is 21.3. The Bertz CT molecular complexity index is 1280. The zero-order valence-electron chi connectivity index (χ0n) is 21.3. The molecule has 0 aliphatic carbocycles. The first-order valence-corrected chi connectivity index (χ1v) is 11.2. The standard InChI is InChI=1S/C28H29FO8/c1-14(2)25(30)34-18-9-10-20(22(12-18)36-27(32)16(5)6)24-21(29)11-19(35-26(31)15(3)4)13-23(24)37-28(33)17(7)8/h9-13,16,25,30H,1,3,7H2,2,4-6,8H3. The van der Waals surface area contributed by atoms with Gasteiger partial charge < -0.3 is 24.1 Å². The number of benzene rings is 2. The predicted octanol–water partition coefficient (Wildman–Crippen LogP) is 5.29. The van der Waals surface area contributed by atoms with E-state index in [1.807, 2.05) is 0 Å². The third-order valence-electron chi connectivity index (χ3n) is 4.71. The van der Waals surface area contributed by atoms with E-state index in [9.17, 15) is 19.5 Å². The van der Waals surface area contributed by atoms with Gasteiger partial charge in [0.15, 0.2) is 0 Å². The van der Waals surface area contributed by atoms with Crippen LogP contribution < -0.4 is 18.9 Å². The second-order valence-corrected chi connectivity index (χ2v) is 8.67. The summed E-state index contributed by atoms with van der Waals surface area (Å²) in [5, 5.41) is 10.0. The van der Waals surface area contributed by atoms with Crippen LogP contribution in [0.1, 0.15) is 34.6 Å². The summed E-state index contributed by atoms with van der Waals surface area (Å²) in [6.07, 6.45) is -1.34. The van der Waals surface area contributed by atoms with E-state index >= 15 is 4.39 Å². The number of ether oxygens (including phenoxy) is 4. The molecule has 8 nitrogen and oxygen atoms in total. The van der Waals surface area contributed by atoms with Crippen LogP contribution in [0.5, 0.6) is 23.0 Å². The van der Waals surface area contributed by atoms with Gasteiger partial charge in [0.2, 0.25) is 6.29 Å². The van der Waals surface area contributed by atoms with Crippen LogP contribution in [-0.2, 0) is 14.4 Å². The van der Waals surface area contributed by atoms with Crippen LogP contribution in [0.2, 0.25) is 0 Å². The highest BCUT2D eigenvalue weighted by Gasteiger charge is 2.24. The molecule has 0 spiro atoms. The van der Waals surface area contributed by atoms with Gasteiger partial charge in [-0.2, -0.15) is 0 Å². The van der Waals surface area contributed by atoms with Crippen molar-refractivity contribution in [2.45, 2.75) is 40.9 Å². The minimum absolute atomic E-state index is 0.0194. The fraction of sp³-hybridized carbons (Fsp3) is 0.250. The molecule has 0 amide bonds. The van der Waals surface area contributed by atoms with Gasteiger partial charge in [-0.25, -0.2) is 14.0 Å². The highest BCUT2D eigenvalue weighted by Crippen LogP contribution is 2.43. The van der Waals surface area contributed by atoms with E-state index in [1.54, 1.807) is 20.8 Å². The van der Waals surface area contributed by atoms with Gasteiger partial charge in [0.05, 0.1) is 11.5 Å². The summed E-state index contributed by atoms with van der Waals surface area (Å²) in [4.78, 5) is 36.7. The summed E-state index contributed by atoms with van der Waals surface area (Å²) < 4.78 is 36.9. The van der Waals surface area contributed by atoms with Crippen LogP contribution in [0, 0.1) is 11.7 Å². The van der Waals surface area contributed by atoms with Gasteiger partial charge in [-0.15, -0.1) is 0 Å². The van der Waals surface area contributed by atoms with Crippen LogP contribution in [0.3, 0.4) is 0 Å². The molecule has 9 heteroatoms. The van der Waals surface area contributed by atoms with Gasteiger partial charge >= 0.3 is 17.9 Å². The lowest BCUT2D eigenvalue weighted by molar-refractivity contribution is -0.137. The van der Waals surface area contributed by atoms with Crippen LogP contribution in [0.4, 0.5) is 4.39 Å². The number of hydrogen-bond donors (Lipinski definition) is 1. The first kappa shape index (κ1) is 29.0. The van der Waals surface area contributed by atoms with E-state index in [2.05, 4.69) is 19.7 Å². The Morgan fingerprint density at radius 2 is 1.41 bits per heavy atom. The second-order valence-electron chi connectivity index (χ2n) is 8.67. The van der Waals surface area contributed by atoms with E-state index in [4.69, 9.17) is 18.9 Å². The molecule has 1 atom stereocenters. The molecule has 2 aromatic carbocycles. The molecule has 196 valence electrons. The van der Waals surface area contributed by atoms with Crippen molar-refractivity contribution in [1.82, 2.24) is 0 Å². The molecule has 0 bridgehead atoms. The normalized spacial score (nSPS) is 11.4. The Labute approximate surface area is 214 Å². The summed E-state index contributed by atoms with van der Waals surface area (Å²) >= 11 is 0. The van der Waals surface area contributed by atoms with Crippen molar-refractivity contribution >= 4 is 17.9 Å². The zero-order chi connectivity index (χ0) is 28.0. The number of aliphatic hydroxyl groups is 1. The van der Waals surface area contributed by atoms with E-state index in [1.165, 1.54) is 32.0 Å². The van der Waals surface area contributed by atoms with Crippen molar-refractivity contribution in [3.63, 3.8) is 0 Å². The van der Waals surface area contributed by atoms with Gasteiger partial charge in [-0.3, -0.25) is 4.79 Å². The van der Waals surface area contributed by atoms with Gasteiger partial charge in [0, 0.05) is 34.9 Å². The number of halogens is 1. The van der Waals surface area contributed by atoms with Crippen molar-refractivity contribution in [3.05, 3.63) is 72.6 Å². The summed E-state index contributed by atoms with van der Waals surface area (Å²) in [5.41, 5.74) is 0.180. The van der Waals surface area contributed by atoms with Gasteiger partial charge in [0.1, 0.15) is 28.8 Å². The molecule has 0 saturated carbocycles. The van der Waals surface area contributed by atoms with Crippen LogP contribution in [0.25, 0.3) is 11.1 Å². The molecule has 0 heterocycles. The maximum absolute atomic E-state index is 15.5. The van der Waals surface area contributed by atoms with Crippen LogP contribution >= 0.6 is 0 Å². The number of aliphatic hydroxyl groups excluding tert-OH is 1. The van der Waals surface area contributed by atoms with E-state index in [-0.39, 0.29) is 45.3 Å². The molecule has 0 aliphatic heterocycles. The number of esters is 3. The first-order valence-electron chi connectivity index (χ1n) is 11.2. The molecule has 0 aliphatic rings. The average molecular weight is 513 g/mol. The maximum Gasteiger partial charge on any atom is 0.338 e. The molecular weight excluding hydrogens is 483 g/mol.